The van der Waals surface area contributed by atoms with E-state index in [1.54, 1.807) is 48.5 Å². The minimum absolute atomic E-state index is 0.0684. The number of nitro groups is 1. The number of carbonyl (C=O) groups excluding carboxylic acids is 2. The lowest BCUT2D eigenvalue weighted by atomic mass is 9.85. The molecule has 36 heavy (non-hydrogen) atoms. The van der Waals surface area contributed by atoms with Crippen LogP contribution in [0.5, 0.6) is 0 Å². The van der Waals surface area contributed by atoms with E-state index in [2.05, 4.69) is 0 Å². The summed E-state index contributed by atoms with van der Waals surface area (Å²) >= 11 is 0. The standard InChI is InChI=1S/C11H20N2O6.C11H22N2O4/c1-10(2,3)19-9(16)12-5-7(14)11(4,13(17)18)8(15)6-12;1-10(2,3)17-9(16)13-5-7(14)11(4,12)8(15)6-13/h7-8,14-15H,5-6H2,1-4H3;7-8,14-15H,5-6,12H2,1-4H3/t2*7-,8+,11?. The molecule has 2 heterocycles. The molecule has 2 rings (SSSR count). The molecule has 0 aromatic rings. The molecular formula is C22H42N4O10. The summed E-state index contributed by atoms with van der Waals surface area (Å²) in [5.41, 5.74) is 1.49. The van der Waals surface area contributed by atoms with Crippen LogP contribution >= 0.6 is 0 Å². The van der Waals surface area contributed by atoms with Crippen LogP contribution in [0.25, 0.3) is 0 Å². The Labute approximate surface area is 211 Å². The maximum atomic E-state index is 11.8. The average molecular weight is 523 g/mol. The zero-order valence-corrected chi connectivity index (χ0v) is 22.3. The van der Waals surface area contributed by atoms with Crippen LogP contribution in [-0.2, 0) is 9.47 Å². The largest absolute Gasteiger partial charge is 0.444 e. The number of likely N-dealkylation sites (tertiary alicyclic amines) is 2. The van der Waals surface area contributed by atoms with Crippen LogP contribution in [0.15, 0.2) is 0 Å². The lowest BCUT2D eigenvalue weighted by Crippen LogP contribution is -2.68. The van der Waals surface area contributed by atoms with Crippen molar-refractivity contribution in [1.82, 2.24) is 9.80 Å². The molecule has 6 N–H and O–H groups in total. The highest BCUT2D eigenvalue weighted by molar-refractivity contribution is 5.69. The number of hydrogen-bond acceptors (Lipinski definition) is 11. The third-order valence-electron chi connectivity index (χ3n) is 6.06. The van der Waals surface area contributed by atoms with Crippen molar-refractivity contribution >= 4 is 12.2 Å². The number of aliphatic hydroxyl groups excluding tert-OH is 4. The first-order chi connectivity index (χ1) is 16.0. The van der Waals surface area contributed by atoms with Gasteiger partial charge < -0.3 is 45.4 Å². The zero-order chi connectivity index (χ0) is 28.4. The summed E-state index contributed by atoms with van der Waals surface area (Å²) in [5.74, 6) is 0. The van der Waals surface area contributed by atoms with Crippen molar-refractivity contribution in [2.45, 2.75) is 102 Å². The van der Waals surface area contributed by atoms with E-state index in [1.165, 1.54) is 4.90 Å². The van der Waals surface area contributed by atoms with Gasteiger partial charge in [0.15, 0.2) is 0 Å². The molecule has 0 spiro atoms. The normalized spacial score (nSPS) is 33.2. The number of aliphatic hydroxyl groups is 4. The van der Waals surface area contributed by atoms with Crippen molar-refractivity contribution in [3.8, 4) is 0 Å². The third-order valence-corrected chi connectivity index (χ3v) is 6.06. The summed E-state index contributed by atoms with van der Waals surface area (Å²) in [6.07, 6.45) is -6.13. The van der Waals surface area contributed by atoms with Gasteiger partial charge in [-0.05, 0) is 48.5 Å². The van der Waals surface area contributed by atoms with Gasteiger partial charge in [-0.2, -0.15) is 0 Å². The summed E-state index contributed by atoms with van der Waals surface area (Å²) in [7, 11) is 0. The number of ether oxygens (including phenoxy) is 2. The van der Waals surface area contributed by atoms with E-state index in [4.69, 9.17) is 15.2 Å². The molecule has 0 aliphatic carbocycles. The highest BCUT2D eigenvalue weighted by atomic mass is 16.6. The summed E-state index contributed by atoms with van der Waals surface area (Å²) in [6.45, 7) is 12.7. The Morgan fingerprint density at radius 1 is 0.806 bits per heavy atom. The van der Waals surface area contributed by atoms with Crippen molar-refractivity contribution in [1.29, 1.82) is 0 Å². The van der Waals surface area contributed by atoms with Crippen molar-refractivity contribution in [3.63, 3.8) is 0 Å². The number of rotatable bonds is 1. The number of carbonyl (C=O) groups is 2. The number of amides is 2. The zero-order valence-electron chi connectivity index (χ0n) is 22.3. The lowest BCUT2D eigenvalue weighted by Gasteiger charge is -2.44. The van der Waals surface area contributed by atoms with Crippen LogP contribution in [0.1, 0.15) is 55.4 Å². The van der Waals surface area contributed by atoms with E-state index in [-0.39, 0.29) is 26.2 Å². The topological polar surface area (TPSA) is 209 Å². The molecule has 0 aromatic carbocycles. The summed E-state index contributed by atoms with van der Waals surface area (Å²) in [5, 5.41) is 50.2. The van der Waals surface area contributed by atoms with Gasteiger partial charge in [-0.25, -0.2) is 9.59 Å². The van der Waals surface area contributed by atoms with Crippen LogP contribution in [0.4, 0.5) is 9.59 Å². The lowest BCUT2D eigenvalue weighted by molar-refractivity contribution is -0.594. The average Bonchev–Trinajstić information content (AvgIpc) is 2.67. The number of piperidine rings is 2. The summed E-state index contributed by atoms with van der Waals surface area (Å²) in [6, 6.07) is 0. The van der Waals surface area contributed by atoms with Crippen LogP contribution in [0.3, 0.4) is 0 Å². The Bertz CT molecular complexity index is 782. The van der Waals surface area contributed by atoms with Crippen LogP contribution in [0, 0.1) is 10.1 Å². The maximum absolute atomic E-state index is 11.8. The molecule has 0 saturated carbocycles. The monoisotopic (exact) mass is 522 g/mol. The molecule has 0 radical (unpaired) electrons. The fraction of sp³-hybridized carbons (Fsp3) is 0.909. The van der Waals surface area contributed by atoms with Crippen LogP contribution < -0.4 is 5.73 Å². The molecule has 2 amide bonds. The van der Waals surface area contributed by atoms with E-state index >= 15 is 0 Å². The smallest absolute Gasteiger partial charge is 0.410 e. The SMILES string of the molecule is CC(C)(C)OC(=O)N1C[C@@H](O)C(C)(N)[C@@H](O)C1.CC(C)(C)OC(=O)N1C[C@@H](O)C(C)([N+](=O)[O-])[C@@H](O)C1. The Kier molecular flexibility index (Phi) is 9.71. The molecular weight excluding hydrogens is 480 g/mol. The highest BCUT2D eigenvalue weighted by Gasteiger charge is 2.56. The number of nitrogens with two attached hydrogens (primary N) is 1. The van der Waals surface area contributed by atoms with E-state index in [0.29, 0.717) is 0 Å². The first kappa shape index (κ1) is 31.8. The fourth-order valence-electron chi connectivity index (χ4n) is 3.39. The van der Waals surface area contributed by atoms with Crippen LogP contribution in [0.2, 0.25) is 0 Å². The number of nitrogens with zero attached hydrogens (tertiary/aromatic N) is 3. The molecule has 6 atom stereocenters. The van der Waals surface area contributed by atoms with Gasteiger partial charge in [0.25, 0.3) is 5.54 Å². The molecule has 0 bridgehead atoms. The molecule has 2 aliphatic heterocycles. The fourth-order valence-corrected chi connectivity index (χ4v) is 3.39. The maximum Gasteiger partial charge on any atom is 0.410 e. The quantitative estimate of drug-likeness (QED) is 0.222. The van der Waals surface area contributed by atoms with Gasteiger partial charge in [0.05, 0.1) is 43.9 Å². The first-order valence-electron chi connectivity index (χ1n) is 11.6. The molecule has 210 valence electrons. The predicted octanol–water partition coefficient (Wildman–Crippen LogP) is -0.329. The van der Waals surface area contributed by atoms with E-state index in [1.807, 2.05) is 0 Å². The Morgan fingerprint density at radius 2 is 1.08 bits per heavy atom. The molecule has 2 aliphatic rings. The van der Waals surface area contributed by atoms with Gasteiger partial charge in [-0.3, -0.25) is 10.1 Å². The van der Waals surface area contributed by atoms with Crippen molar-refractivity contribution in [2.75, 3.05) is 26.2 Å². The molecule has 14 nitrogen and oxygen atoms in total. The second kappa shape index (κ2) is 11.0. The van der Waals surface area contributed by atoms with Crippen molar-refractivity contribution in [2.24, 2.45) is 5.73 Å². The van der Waals surface area contributed by atoms with Gasteiger partial charge >= 0.3 is 12.2 Å². The van der Waals surface area contributed by atoms with Gasteiger partial charge in [-0.15, -0.1) is 0 Å². The second-order valence-electron chi connectivity index (χ2n) is 11.7. The highest BCUT2D eigenvalue weighted by Crippen LogP contribution is 2.27. The van der Waals surface area contributed by atoms with E-state index < -0.39 is 63.8 Å². The second-order valence-corrected chi connectivity index (χ2v) is 11.7. The van der Waals surface area contributed by atoms with Gasteiger partial charge in [0.1, 0.15) is 23.4 Å². The summed E-state index contributed by atoms with van der Waals surface area (Å²) < 4.78 is 10.3. The third kappa shape index (κ3) is 7.87. The first-order valence-corrected chi connectivity index (χ1v) is 11.6. The minimum Gasteiger partial charge on any atom is -0.444 e. The van der Waals surface area contributed by atoms with Crippen molar-refractivity contribution < 1.29 is 44.4 Å². The number of β-amino-alcohol motifs (C(OH)–C–C–N with tert-alkyl or cyclic N) is 4. The molecule has 2 fully saturated rings. The Hall–Kier alpha value is -2.26. The minimum atomic E-state index is -1.88. The molecule has 14 heteroatoms. The van der Waals surface area contributed by atoms with E-state index in [0.717, 1.165) is 11.8 Å². The Balaban J connectivity index is 0.000000362. The molecule has 2 saturated heterocycles. The van der Waals surface area contributed by atoms with Gasteiger partial charge in [0, 0.05) is 11.8 Å². The van der Waals surface area contributed by atoms with Gasteiger partial charge in [-0.1, -0.05) is 0 Å². The van der Waals surface area contributed by atoms with E-state index in [9.17, 15) is 40.1 Å². The number of hydrogen-bond donors (Lipinski definition) is 5. The summed E-state index contributed by atoms with van der Waals surface area (Å²) in [4.78, 5) is 36.1. The molecule has 0 aromatic heterocycles. The van der Waals surface area contributed by atoms with Crippen LogP contribution in [-0.4, -0.2) is 120 Å². The van der Waals surface area contributed by atoms with Gasteiger partial charge in [0.2, 0.25) is 0 Å². The Morgan fingerprint density at radius 3 is 1.33 bits per heavy atom. The predicted molar refractivity (Wildman–Crippen MR) is 128 cm³/mol. The molecule has 2 unspecified atom stereocenters. The van der Waals surface area contributed by atoms with Crippen molar-refractivity contribution in [3.05, 3.63) is 10.1 Å².